The maximum Gasteiger partial charge on any atom is 0.245 e. The smallest absolute Gasteiger partial charge is 0.245 e. The summed E-state index contributed by atoms with van der Waals surface area (Å²) in [6.45, 7) is 3.96. The summed E-state index contributed by atoms with van der Waals surface area (Å²) in [5, 5.41) is 0. The van der Waals surface area contributed by atoms with Crippen LogP contribution in [0.4, 0.5) is 0 Å². The molecule has 3 rings (SSSR count). The molecule has 0 bridgehead atoms. The van der Waals surface area contributed by atoms with Crippen LogP contribution in [0.3, 0.4) is 0 Å². The number of benzene rings is 2. The Hall–Kier alpha value is -1.89. The quantitative estimate of drug-likeness (QED) is 0.751. The van der Waals surface area contributed by atoms with Crippen LogP contribution in [0.1, 0.15) is 24.2 Å². The standard InChI is InChI=1S/C19H21ClN2O3S/c1-14-8-10-17(11-9-14)26(24,25)21-13-15(2)22(18(23)12-20)19(21)16-6-4-3-5-7-16/h3-11,15,19H,12-13H2,1-2H3. The first-order valence-corrected chi connectivity index (χ1v) is 10.3. The molecule has 1 aliphatic heterocycles. The molecule has 2 unspecified atom stereocenters. The van der Waals surface area contributed by atoms with Gasteiger partial charge in [-0.3, -0.25) is 4.79 Å². The van der Waals surface area contributed by atoms with Gasteiger partial charge in [-0.05, 0) is 31.5 Å². The monoisotopic (exact) mass is 392 g/mol. The van der Waals surface area contributed by atoms with Crippen LogP contribution < -0.4 is 0 Å². The first-order chi connectivity index (χ1) is 12.4. The van der Waals surface area contributed by atoms with Crippen LogP contribution in [0.15, 0.2) is 59.5 Å². The van der Waals surface area contributed by atoms with Gasteiger partial charge in [0.25, 0.3) is 0 Å². The highest BCUT2D eigenvalue weighted by Gasteiger charge is 2.46. The van der Waals surface area contributed by atoms with E-state index in [9.17, 15) is 13.2 Å². The number of sulfonamides is 1. The van der Waals surface area contributed by atoms with Crippen molar-refractivity contribution in [1.82, 2.24) is 9.21 Å². The molecule has 2 atom stereocenters. The zero-order valence-electron chi connectivity index (χ0n) is 14.7. The lowest BCUT2D eigenvalue weighted by atomic mass is 10.1. The summed E-state index contributed by atoms with van der Waals surface area (Å²) >= 11 is 5.79. The Balaban J connectivity index is 2.09. The van der Waals surface area contributed by atoms with Crippen LogP contribution >= 0.6 is 11.6 Å². The maximum atomic E-state index is 13.3. The van der Waals surface area contributed by atoms with E-state index >= 15 is 0 Å². The summed E-state index contributed by atoms with van der Waals surface area (Å²) in [4.78, 5) is 14.2. The molecule has 1 saturated heterocycles. The maximum absolute atomic E-state index is 13.3. The molecule has 2 aromatic carbocycles. The molecule has 7 heteroatoms. The molecule has 0 aromatic heterocycles. The fourth-order valence-corrected chi connectivity index (χ4v) is 5.09. The SMILES string of the molecule is Cc1ccc(S(=O)(=O)N2CC(C)N(C(=O)CCl)C2c2ccccc2)cc1. The lowest BCUT2D eigenvalue weighted by molar-refractivity contribution is -0.131. The van der Waals surface area contributed by atoms with Gasteiger partial charge in [0.15, 0.2) is 0 Å². The van der Waals surface area contributed by atoms with E-state index in [1.807, 2.05) is 44.2 Å². The topological polar surface area (TPSA) is 57.7 Å². The van der Waals surface area contributed by atoms with E-state index in [4.69, 9.17) is 11.6 Å². The molecule has 1 heterocycles. The highest BCUT2D eigenvalue weighted by Crippen LogP contribution is 2.38. The van der Waals surface area contributed by atoms with Gasteiger partial charge in [0.1, 0.15) is 12.0 Å². The first-order valence-electron chi connectivity index (χ1n) is 8.37. The number of aryl methyl sites for hydroxylation is 1. The summed E-state index contributed by atoms with van der Waals surface area (Å²) in [6, 6.07) is 15.6. The summed E-state index contributed by atoms with van der Waals surface area (Å²) in [5.74, 6) is -0.471. The zero-order valence-corrected chi connectivity index (χ0v) is 16.2. The van der Waals surface area contributed by atoms with Gasteiger partial charge in [-0.1, -0.05) is 48.0 Å². The average Bonchev–Trinajstić information content (AvgIpc) is 3.00. The van der Waals surface area contributed by atoms with Gasteiger partial charge in [0, 0.05) is 12.6 Å². The van der Waals surface area contributed by atoms with Crippen LogP contribution in [-0.4, -0.2) is 42.0 Å². The Morgan fingerprint density at radius 3 is 2.31 bits per heavy atom. The number of hydrogen-bond acceptors (Lipinski definition) is 3. The van der Waals surface area contributed by atoms with E-state index < -0.39 is 16.2 Å². The molecule has 5 nitrogen and oxygen atoms in total. The van der Waals surface area contributed by atoms with Crippen molar-refractivity contribution >= 4 is 27.5 Å². The summed E-state index contributed by atoms with van der Waals surface area (Å²) in [5.41, 5.74) is 1.73. The van der Waals surface area contributed by atoms with Gasteiger partial charge in [0.2, 0.25) is 15.9 Å². The van der Waals surface area contributed by atoms with Gasteiger partial charge >= 0.3 is 0 Å². The van der Waals surface area contributed by atoms with Crippen LogP contribution in [0, 0.1) is 6.92 Å². The third-order valence-corrected chi connectivity index (χ3v) is 6.65. The number of amides is 1. The molecule has 0 N–H and O–H groups in total. The van der Waals surface area contributed by atoms with E-state index in [2.05, 4.69) is 0 Å². The van der Waals surface area contributed by atoms with Crippen LogP contribution in [0.25, 0.3) is 0 Å². The van der Waals surface area contributed by atoms with E-state index in [1.165, 1.54) is 4.31 Å². The Labute approximate surface area is 159 Å². The number of rotatable bonds is 4. The molecule has 1 amide bonds. The zero-order chi connectivity index (χ0) is 18.9. The Morgan fingerprint density at radius 2 is 1.73 bits per heavy atom. The number of hydrogen-bond donors (Lipinski definition) is 0. The largest absolute Gasteiger partial charge is 0.317 e. The second kappa shape index (κ2) is 7.39. The van der Waals surface area contributed by atoms with Crippen molar-refractivity contribution in [3.63, 3.8) is 0 Å². The average molecular weight is 393 g/mol. The highest BCUT2D eigenvalue weighted by atomic mass is 35.5. The Bertz CT molecular complexity index is 885. The van der Waals surface area contributed by atoms with Crippen molar-refractivity contribution in [2.45, 2.75) is 31.0 Å². The lowest BCUT2D eigenvalue weighted by Gasteiger charge is -2.31. The Morgan fingerprint density at radius 1 is 1.12 bits per heavy atom. The van der Waals surface area contributed by atoms with Crippen molar-refractivity contribution in [3.8, 4) is 0 Å². The van der Waals surface area contributed by atoms with Gasteiger partial charge in [0.05, 0.1) is 4.90 Å². The molecule has 1 aliphatic rings. The Kier molecular flexibility index (Phi) is 5.37. The van der Waals surface area contributed by atoms with E-state index in [0.717, 1.165) is 11.1 Å². The predicted octanol–water partition coefficient (Wildman–Crippen LogP) is 3.15. The van der Waals surface area contributed by atoms with Gasteiger partial charge < -0.3 is 4.90 Å². The second-order valence-electron chi connectivity index (χ2n) is 6.46. The number of halogens is 1. The van der Waals surface area contributed by atoms with Gasteiger partial charge in [-0.2, -0.15) is 4.31 Å². The van der Waals surface area contributed by atoms with Crippen molar-refractivity contribution < 1.29 is 13.2 Å². The number of nitrogens with zero attached hydrogens (tertiary/aromatic N) is 2. The van der Waals surface area contributed by atoms with Gasteiger partial charge in [-0.15, -0.1) is 11.6 Å². The molecule has 0 spiro atoms. The highest BCUT2D eigenvalue weighted by molar-refractivity contribution is 7.89. The lowest BCUT2D eigenvalue weighted by Crippen LogP contribution is -2.40. The van der Waals surface area contributed by atoms with Crippen molar-refractivity contribution in [3.05, 3.63) is 65.7 Å². The number of carbonyl (C=O) groups excluding carboxylic acids is 1. The third-order valence-electron chi connectivity index (χ3n) is 4.58. The summed E-state index contributed by atoms with van der Waals surface area (Å²) in [7, 11) is -3.76. The fraction of sp³-hybridized carbons (Fsp3) is 0.316. The summed E-state index contributed by atoms with van der Waals surface area (Å²) < 4.78 is 28.0. The molecule has 26 heavy (non-hydrogen) atoms. The molecule has 0 radical (unpaired) electrons. The fourth-order valence-electron chi connectivity index (χ4n) is 3.31. The van der Waals surface area contributed by atoms with E-state index in [-0.39, 0.29) is 29.3 Å². The number of carbonyl (C=O) groups is 1. The normalized spacial score (nSPS) is 21.1. The molecular formula is C19H21ClN2O3S. The van der Waals surface area contributed by atoms with Gasteiger partial charge in [-0.25, -0.2) is 8.42 Å². The number of alkyl halides is 1. The molecule has 2 aromatic rings. The van der Waals surface area contributed by atoms with E-state index in [0.29, 0.717) is 0 Å². The molecule has 0 aliphatic carbocycles. The van der Waals surface area contributed by atoms with E-state index in [1.54, 1.807) is 29.2 Å². The minimum atomic E-state index is -3.76. The second-order valence-corrected chi connectivity index (χ2v) is 8.61. The molecule has 1 fully saturated rings. The summed E-state index contributed by atoms with van der Waals surface area (Å²) in [6.07, 6.45) is -0.705. The molecule has 138 valence electrons. The van der Waals surface area contributed by atoms with Crippen molar-refractivity contribution in [1.29, 1.82) is 0 Å². The van der Waals surface area contributed by atoms with Crippen molar-refractivity contribution in [2.75, 3.05) is 12.4 Å². The predicted molar refractivity (Wildman–Crippen MR) is 101 cm³/mol. The third kappa shape index (κ3) is 3.37. The van der Waals surface area contributed by atoms with Crippen molar-refractivity contribution in [2.24, 2.45) is 0 Å². The van der Waals surface area contributed by atoms with Crippen LogP contribution in [0.5, 0.6) is 0 Å². The minimum absolute atomic E-state index is 0.188. The van der Waals surface area contributed by atoms with Crippen LogP contribution in [0.2, 0.25) is 0 Å². The molecular weight excluding hydrogens is 372 g/mol. The molecule has 0 saturated carbocycles. The van der Waals surface area contributed by atoms with Crippen LogP contribution in [-0.2, 0) is 14.8 Å². The minimum Gasteiger partial charge on any atom is -0.317 e. The first kappa shape index (κ1) is 18.9.